The summed E-state index contributed by atoms with van der Waals surface area (Å²) < 4.78 is 0. The van der Waals surface area contributed by atoms with Gasteiger partial charge in [-0.05, 0) is 37.3 Å². The predicted octanol–water partition coefficient (Wildman–Crippen LogP) is 2.56. The number of hydrogen-bond acceptors (Lipinski definition) is 5. The average molecular weight is 314 g/mol. The van der Waals surface area contributed by atoms with E-state index in [-0.39, 0.29) is 11.9 Å². The van der Waals surface area contributed by atoms with Crippen molar-refractivity contribution in [3.05, 3.63) is 59.1 Å². The number of nitrogens with one attached hydrogen (secondary N) is 1. The van der Waals surface area contributed by atoms with Crippen LogP contribution < -0.4 is 5.32 Å². The largest absolute Gasteiger partial charge is 0.341 e. The maximum atomic E-state index is 12.2. The lowest BCUT2D eigenvalue weighted by Gasteiger charge is -2.12. The summed E-state index contributed by atoms with van der Waals surface area (Å²) in [5, 5.41) is 11.1. The Bertz CT molecular complexity index is 825. The van der Waals surface area contributed by atoms with Gasteiger partial charge in [0.25, 0.3) is 5.91 Å². The molecular formula is C15H12ClN5O. The van der Waals surface area contributed by atoms with Gasteiger partial charge in [-0.3, -0.25) is 9.78 Å². The molecule has 2 heterocycles. The predicted molar refractivity (Wildman–Crippen MR) is 82.5 cm³/mol. The minimum Gasteiger partial charge on any atom is -0.341 e. The van der Waals surface area contributed by atoms with Crippen LogP contribution >= 0.6 is 11.6 Å². The minimum atomic E-state index is -0.410. The number of rotatable bonds is 3. The zero-order chi connectivity index (χ0) is 15.5. The molecule has 0 saturated heterocycles. The van der Waals surface area contributed by atoms with Crippen molar-refractivity contribution in [3.8, 4) is 0 Å². The third kappa shape index (κ3) is 3.01. The molecule has 0 spiro atoms. The van der Waals surface area contributed by atoms with Crippen LogP contribution in [-0.4, -0.2) is 26.1 Å². The lowest BCUT2D eigenvalue weighted by molar-refractivity contribution is 0.0928. The third-order valence-electron chi connectivity index (χ3n) is 3.10. The molecule has 0 aliphatic rings. The lowest BCUT2D eigenvalue weighted by atomic mass is 10.2. The first-order valence-electron chi connectivity index (χ1n) is 6.65. The van der Waals surface area contributed by atoms with Gasteiger partial charge >= 0.3 is 0 Å². The van der Waals surface area contributed by atoms with Crippen molar-refractivity contribution >= 4 is 28.5 Å². The van der Waals surface area contributed by atoms with Gasteiger partial charge in [0, 0.05) is 11.2 Å². The van der Waals surface area contributed by atoms with Crippen molar-refractivity contribution < 1.29 is 4.79 Å². The Morgan fingerprint density at radius 1 is 1.18 bits per heavy atom. The Morgan fingerprint density at radius 2 is 2.05 bits per heavy atom. The Morgan fingerprint density at radius 3 is 2.82 bits per heavy atom. The molecule has 1 amide bonds. The first-order chi connectivity index (χ1) is 10.6. The van der Waals surface area contributed by atoms with Gasteiger partial charge in [0.2, 0.25) is 5.82 Å². The summed E-state index contributed by atoms with van der Waals surface area (Å²) in [6.45, 7) is 1.84. The number of carbonyl (C=O) groups excluding carboxylic acids is 1. The Kier molecular flexibility index (Phi) is 3.93. The molecular weight excluding hydrogens is 302 g/mol. The van der Waals surface area contributed by atoms with E-state index >= 15 is 0 Å². The Hall–Kier alpha value is -2.60. The normalized spacial score (nSPS) is 12.1. The van der Waals surface area contributed by atoms with Crippen LogP contribution in [0.3, 0.4) is 0 Å². The number of halogens is 1. The molecule has 110 valence electrons. The Labute approximate surface area is 131 Å². The molecule has 3 aromatic rings. The summed E-state index contributed by atoms with van der Waals surface area (Å²) in [5.74, 6) is -0.412. The second kappa shape index (κ2) is 6.03. The number of nitrogens with zero attached hydrogens (tertiary/aromatic N) is 4. The molecule has 0 bridgehead atoms. The van der Waals surface area contributed by atoms with E-state index < -0.39 is 5.91 Å². The fraction of sp³-hybridized carbons (Fsp3) is 0.133. The summed E-state index contributed by atoms with van der Waals surface area (Å²) in [6, 6.07) is 10.3. The van der Waals surface area contributed by atoms with Crippen LogP contribution in [0.15, 0.2) is 42.6 Å². The third-order valence-corrected chi connectivity index (χ3v) is 3.33. The van der Waals surface area contributed by atoms with Crippen molar-refractivity contribution in [2.24, 2.45) is 0 Å². The molecule has 7 heteroatoms. The van der Waals surface area contributed by atoms with Crippen LogP contribution in [0.5, 0.6) is 0 Å². The van der Waals surface area contributed by atoms with Gasteiger partial charge in [-0.1, -0.05) is 17.7 Å². The molecule has 0 radical (unpaired) electrons. The molecule has 0 aliphatic heterocycles. The summed E-state index contributed by atoms with van der Waals surface area (Å²) >= 11 is 5.92. The van der Waals surface area contributed by atoms with E-state index in [0.717, 1.165) is 5.69 Å². The maximum Gasteiger partial charge on any atom is 0.291 e. The van der Waals surface area contributed by atoms with E-state index in [2.05, 4.69) is 25.5 Å². The van der Waals surface area contributed by atoms with Crippen molar-refractivity contribution in [1.82, 2.24) is 25.5 Å². The van der Waals surface area contributed by atoms with Gasteiger partial charge in [0.15, 0.2) is 0 Å². The van der Waals surface area contributed by atoms with E-state index in [1.54, 1.807) is 24.4 Å². The first-order valence-corrected chi connectivity index (χ1v) is 7.03. The summed E-state index contributed by atoms with van der Waals surface area (Å²) in [4.78, 5) is 20.6. The van der Waals surface area contributed by atoms with E-state index in [1.165, 1.54) is 0 Å². The zero-order valence-electron chi connectivity index (χ0n) is 11.7. The number of aromatic nitrogens is 4. The standard InChI is InChI=1S/C15H12ClN5O/c1-9(11-4-2-3-7-17-11)18-15(22)14-19-13-8-10(16)5-6-12(13)20-21-14/h2-9H,1H3,(H,18,22)/t9-/m0/s1. The highest BCUT2D eigenvalue weighted by Gasteiger charge is 2.15. The molecule has 22 heavy (non-hydrogen) atoms. The molecule has 0 saturated carbocycles. The fourth-order valence-electron chi connectivity index (χ4n) is 1.97. The summed E-state index contributed by atoms with van der Waals surface area (Å²) in [6.07, 6.45) is 1.67. The molecule has 1 aromatic carbocycles. The van der Waals surface area contributed by atoms with Crippen LogP contribution in [0.4, 0.5) is 0 Å². The quantitative estimate of drug-likeness (QED) is 0.803. The van der Waals surface area contributed by atoms with E-state index in [4.69, 9.17) is 11.6 Å². The highest BCUT2D eigenvalue weighted by molar-refractivity contribution is 6.31. The lowest BCUT2D eigenvalue weighted by Crippen LogP contribution is -2.29. The number of amides is 1. The van der Waals surface area contributed by atoms with Gasteiger partial charge < -0.3 is 5.32 Å². The van der Waals surface area contributed by atoms with Crippen LogP contribution in [0.25, 0.3) is 11.0 Å². The average Bonchev–Trinajstić information content (AvgIpc) is 2.54. The van der Waals surface area contributed by atoms with Gasteiger partial charge in [-0.15, -0.1) is 10.2 Å². The van der Waals surface area contributed by atoms with Crippen LogP contribution in [0, 0.1) is 0 Å². The molecule has 0 aliphatic carbocycles. The van der Waals surface area contributed by atoms with Crippen molar-refractivity contribution in [2.75, 3.05) is 0 Å². The molecule has 1 atom stereocenters. The van der Waals surface area contributed by atoms with Crippen molar-refractivity contribution in [3.63, 3.8) is 0 Å². The van der Waals surface area contributed by atoms with Crippen molar-refractivity contribution in [2.45, 2.75) is 13.0 Å². The van der Waals surface area contributed by atoms with Crippen LogP contribution in [-0.2, 0) is 0 Å². The van der Waals surface area contributed by atoms with Gasteiger partial charge in [0.1, 0.15) is 5.52 Å². The highest BCUT2D eigenvalue weighted by Crippen LogP contribution is 2.15. The minimum absolute atomic E-state index is 0.00227. The number of carbonyl (C=O) groups is 1. The zero-order valence-corrected chi connectivity index (χ0v) is 12.4. The fourth-order valence-corrected chi connectivity index (χ4v) is 2.14. The molecule has 2 aromatic heterocycles. The number of fused-ring (bicyclic) bond motifs is 1. The summed E-state index contributed by atoms with van der Waals surface area (Å²) in [7, 11) is 0. The molecule has 3 rings (SSSR count). The van der Waals surface area contributed by atoms with Gasteiger partial charge in [-0.2, -0.15) is 0 Å². The number of hydrogen-bond donors (Lipinski definition) is 1. The maximum absolute atomic E-state index is 12.2. The smallest absolute Gasteiger partial charge is 0.291 e. The highest BCUT2D eigenvalue weighted by atomic mass is 35.5. The van der Waals surface area contributed by atoms with Crippen LogP contribution in [0.2, 0.25) is 5.02 Å². The van der Waals surface area contributed by atoms with Gasteiger partial charge in [0.05, 0.1) is 17.3 Å². The molecule has 0 fully saturated rings. The first kappa shape index (κ1) is 14.3. The molecule has 0 unspecified atom stereocenters. The monoisotopic (exact) mass is 313 g/mol. The number of benzene rings is 1. The second-order valence-electron chi connectivity index (χ2n) is 4.72. The van der Waals surface area contributed by atoms with E-state index in [1.807, 2.05) is 25.1 Å². The van der Waals surface area contributed by atoms with Gasteiger partial charge in [-0.25, -0.2) is 4.98 Å². The summed E-state index contributed by atoms with van der Waals surface area (Å²) in [5.41, 5.74) is 1.87. The second-order valence-corrected chi connectivity index (χ2v) is 5.15. The topological polar surface area (TPSA) is 80.7 Å². The van der Waals surface area contributed by atoms with E-state index in [9.17, 15) is 4.79 Å². The Balaban J connectivity index is 1.83. The van der Waals surface area contributed by atoms with E-state index in [0.29, 0.717) is 16.1 Å². The van der Waals surface area contributed by atoms with Crippen molar-refractivity contribution in [1.29, 1.82) is 0 Å². The molecule has 1 N–H and O–H groups in total. The number of pyridine rings is 1. The molecule has 6 nitrogen and oxygen atoms in total. The SMILES string of the molecule is C[C@H](NC(=O)c1nnc2ccc(Cl)cc2n1)c1ccccn1. The van der Waals surface area contributed by atoms with Crippen LogP contribution in [0.1, 0.15) is 29.3 Å².